The van der Waals surface area contributed by atoms with Crippen molar-refractivity contribution in [3.8, 4) is 5.75 Å². The van der Waals surface area contributed by atoms with Crippen molar-refractivity contribution in [3.63, 3.8) is 0 Å². The Balaban J connectivity index is 2.51. The fourth-order valence-electron chi connectivity index (χ4n) is 3.17. The minimum absolute atomic E-state index is 0.0303. The highest BCUT2D eigenvalue weighted by Gasteiger charge is 2.37. The van der Waals surface area contributed by atoms with Crippen LogP contribution < -0.4 is 9.64 Å². The molecule has 5 nitrogen and oxygen atoms in total. The van der Waals surface area contributed by atoms with Gasteiger partial charge in [-0.1, -0.05) is 62.2 Å². The van der Waals surface area contributed by atoms with Gasteiger partial charge < -0.3 is 13.9 Å². The maximum Gasteiger partial charge on any atom is 0.256 e. The summed E-state index contributed by atoms with van der Waals surface area (Å²) in [6.45, 7) is 11.4. The molecule has 35 heavy (non-hydrogen) atoms. The molecular formula is C26H34Cl2INO4Si. The number of nitrogens with zero attached hydrogens (tertiary/aromatic N) is 1. The molecule has 0 saturated carbocycles. The minimum Gasteiger partial charge on any atom is -0.496 e. The molecule has 9 heteroatoms. The van der Waals surface area contributed by atoms with E-state index in [-0.39, 0.29) is 17.7 Å². The first-order chi connectivity index (χ1) is 16.3. The van der Waals surface area contributed by atoms with Crippen LogP contribution in [0.3, 0.4) is 0 Å². The Morgan fingerprint density at radius 1 is 1.14 bits per heavy atom. The Morgan fingerprint density at radius 2 is 1.80 bits per heavy atom. The van der Waals surface area contributed by atoms with Crippen LogP contribution in [0.4, 0.5) is 5.69 Å². The van der Waals surface area contributed by atoms with Crippen molar-refractivity contribution in [3.05, 3.63) is 61.2 Å². The average Bonchev–Trinajstić information content (AvgIpc) is 2.76. The summed E-state index contributed by atoms with van der Waals surface area (Å²) < 4.78 is 18.1. The molecule has 0 N–H and O–H groups in total. The van der Waals surface area contributed by atoms with Crippen LogP contribution in [0.5, 0.6) is 5.75 Å². The van der Waals surface area contributed by atoms with Crippen LogP contribution in [0.1, 0.15) is 32.8 Å². The van der Waals surface area contributed by atoms with E-state index < -0.39 is 8.32 Å². The van der Waals surface area contributed by atoms with Gasteiger partial charge in [0.15, 0.2) is 8.32 Å². The van der Waals surface area contributed by atoms with Crippen molar-refractivity contribution >= 4 is 71.8 Å². The Kier molecular flexibility index (Phi) is 11.1. The highest BCUT2D eigenvalue weighted by Crippen LogP contribution is 2.38. The van der Waals surface area contributed by atoms with Gasteiger partial charge in [0.1, 0.15) is 12.5 Å². The van der Waals surface area contributed by atoms with Gasteiger partial charge in [-0.2, -0.15) is 0 Å². The van der Waals surface area contributed by atoms with E-state index in [9.17, 15) is 4.79 Å². The Morgan fingerprint density at radius 3 is 2.37 bits per heavy atom. The molecule has 0 aliphatic rings. The molecule has 2 aromatic rings. The maximum atomic E-state index is 14.0. The van der Waals surface area contributed by atoms with Crippen LogP contribution in [0.2, 0.25) is 28.2 Å². The third kappa shape index (κ3) is 7.94. The van der Waals surface area contributed by atoms with Crippen LogP contribution in [0, 0.1) is 3.57 Å². The summed E-state index contributed by atoms with van der Waals surface area (Å²) in [6, 6.07) is 11.0. The number of methoxy groups -OCH3 is 2. The van der Waals surface area contributed by atoms with Gasteiger partial charge in [0.05, 0.1) is 17.8 Å². The lowest BCUT2D eigenvalue weighted by Crippen LogP contribution is -2.41. The monoisotopic (exact) mass is 649 g/mol. The lowest BCUT2D eigenvalue weighted by atomic mass is 10.1. The van der Waals surface area contributed by atoms with E-state index in [1.165, 1.54) is 4.90 Å². The third-order valence-electron chi connectivity index (χ3n) is 6.14. The molecule has 192 valence electrons. The number of ether oxygens (including phenoxy) is 2. The Hall–Kier alpha value is -1.10. The van der Waals surface area contributed by atoms with Gasteiger partial charge in [-0.25, -0.2) is 0 Å². The van der Waals surface area contributed by atoms with Crippen molar-refractivity contribution in [2.24, 2.45) is 0 Å². The Labute approximate surface area is 234 Å². The van der Waals surface area contributed by atoms with E-state index in [4.69, 9.17) is 37.1 Å². The first-order valence-electron chi connectivity index (χ1n) is 11.2. The third-order valence-corrected chi connectivity index (χ3v) is 12.0. The lowest BCUT2D eigenvalue weighted by Gasteiger charge is -2.36. The second-order valence-corrected chi connectivity index (χ2v) is 16.5. The molecule has 0 aliphatic heterocycles. The highest BCUT2D eigenvalue weighted by molar-refractivity contribution is 14.1. The van der Waals surface area contributed by atoms with Gasteiger partial charge in [0, 0.05) is 33.4 Å². The van der Waals surface area contributed by atoms with Crippen molar-refractivity contribution < 1.29 is 18.7 Å². The molecule has 2 rings (SSSR count). The molecule has 0 heterocycles. The normalized spacial score (nSPS) is 12.6. The van der Waals surface area contributed by atoms with Crippen molar-refractivity contribution in [2.45, 2.75) is 45.3 Å². The molecule has 2 aromatic carbocycles. The molecule has 0 unspecified atom stereocenters. The number of rotatable bonds is 10. The molecule has 0 aromatic heterocycles. The van der Waals surface area contributed by atoms with Crippen LogP contribution in [-0.4, -0.2) is 41.8 Å². The van der Waals surface area contributed by atoms with Crippen molar-refractivity contribution in [2.75, 3.05) is 32.5 Å². The first-order valence-corrected chi connectivity index (χ1v) is 16.0. The number of carbonyl (C=O) groups is 1. The van der Waals surface area contributed by atoms with Gasteiger partial charge >= 0.3 is 0 Å². The predicted molar refractivity (Wildman–Crippen MR) is 157 cm³/mol. The fraction of sp³-hybridized carbons (Fsp3) is 0.423. The molecule has 0 atom stereocenters. The zero-order valence-electron chi connectivity index (χ0n) is 21.4. The second-order valence-electron chi connectivity index (χ2n) is 9.64. The summed E-state index contributed by atoms with van der Waals surface area (Å²) in [5, 5.41) is 0.945. The number of halogens is 3. The molecular weight excluding hydrogens is 616 g/mol. The number of carbonyl (C=O) groups excluding carboxylic acids is 1. The molecule has 0 radical (unpaired) electrons. The topological polar surface area (TPSA) is 48.0 Å². The fourth-order valence-corrected chi connectivity index (χ4v) is 6.07. The van der Waals surface area contributed by atoms with E-state index in [0.717, 1.165) is 9.13 Å². The molecule has 0 saturated heterocycles. The van der Waals surface area contributed by atoms with E-state index in [1.54, 1.807) is 26.4 Å². The van der Waals surface area contributed by atoms with Crippen LogP contribution in [0.15, 0.2) is 42.0 Å². The largest absolute Gasteiger partial charge is 0.496 e. The van der Waals surface area contributed by atoms with E-state index in [2.05, 4.69) is 56.5 Å². The second kappa shape index (κ2) is 12.9. The molecule has 0 aliphatic carbocycles. The number of amides is 1. The number of hydrogen-bond donors (Lipinski definition) is 0. The molecule has 0 fully saturated rings. The average molecular weight is 650 g/mol. The quantitative estimate of drug-likeness (QED) is 0.113. The van der Waals surface area contributed by atoms with E-state index >= 15 is 0 Å². The number of benzene rings is 2. The summed E-state index contributed by atoms with van der Waals surface area (Å²) in [7, 11) is 1.17. The minimum atomic E-state index is -1.99. The summed E-state index contributed by atoms with van der Waals surface area (Å²) in [5.41, 5.74) is 1.92. The smallest absolute Gasteiger partial charge is 0.256 e. The predicted octanol–water partition coefficient (Wildman–Crippen LogP) is 8.04. The molecule has 0 spiro atoms. The number of anilines is 1. The molecule has 1 amide bonds. The summed E-state index contributed by atoms with van der Waals surface area (Å²) >= 11 is 14.8. The summed E-state index contributed by atoms with van der Waals surface area (Å²) in [5.74, 6) is 0.458. The number of hydrogen-bond acceptors (Lipinski definition) is 4. The highest BCUT2D eigenvalue weighted by atomic mass is 127. The standard InChI is InChI=1S/C26H34Cl2INO4Si/c1-26(2,3)35(6,7)34-13-12-19(14-18-10-8-9-11-23(18)33-5)25(31)30(17-32-4)24-21(28)15-20(27)16-22(24)29/h8-11,14-16H,12-13,17H2,1-7H3/b19-14+. The SMILES string of the molecule is COCN(C(=O)/C(=C/c1ccccc1OC)CCO[Si](C)(C)C(C)(C)C)c1c(Cl)cc(Cl)cc1I. The van der Waals surface area contributed by atoms with Crippen molar-refractivity contribution in [1.29, 1.82) is 0 Å². The summed E-state index contributed by atoms with van der Waals surface area (Å²) in [6.07, 6.45) is 2.28. The van der Waals surface area contributed by atoms with Crippen LogP contribution >= 0.6 is 45.8 Å². The van der Waals surface area contributed by atoms with E-state index in [1.807, 2.05) is 30.3 Å². The van der Waals surface area contributed by atoms with Gasteiger partial charge in [0.25, 0.3) is 5.91 Å². The van der Waals surface area contributed by atoms with Gasteiger partial charge in [-0.05, 0) is 71.4 Å². The van der Waals surface area contributed by atoms with Crippen molar-refractivity contribution in [1.82, 2.24) is 0 Å². The zero-order chi connectivity index (χ0) is 26.4. The van der Waals surface area contributed by atoms with Gasteiger partial charge in [-0.3, -0.25) is 9.69 Å². The Bertz CT molecular complexity index is 1050. The lowest BCUT2D eigenvalue weighted by molar-refractivity contribution is -0.116. The summed E-state index contributed by atoms with van der Waals surface area (Å²) in [4.78, 5) is 15.5. The van der Waals surface area contributed by atoms with Gasteiger partial charge in [-0.15, -0.1) is 0 Å². The number of para-hydroxylation sites is 1. The van der Waals surface area contributed by atoms with Gasteiger partial charge in [0.2, 0.25) is 0 Å². The maximum absolute atomic E-state index is 14.0. The van der Waals surface area contributed by atoms with Crippen LogP contribution in [0.25, 0.3) is 6.08 Å². The van der Waals surface area contributed by atoms with Crippen LogP contribution in [-0.2, 0) is 14.0 Å². The van der Waals surface area contributed by atoms with E-state index in [0.29, 0.717) is 40.1 Å². The molecule has 0 bridgehead atoms. The first kappa shape index (κ1) is 30.1. The zero-order valence-corrected chi connectivity index (χ0v) is 26.0.